The summed E-state index contributed by atoms with van der Waals surface area (Å²) < 4.78 is 0. The lowest BCUT2D eigenvalue weighted by Gasteiger charge is -2.30. The third kappa shape index (κ3) is 3.98. The molecule has 0 unspecified atom stereocenters. The van der Waals surface area contributed by atoms with Crippen LogP contribution in [0.3, 0.4) is 0 Å². The Morgan fingerprint density at radius 3 is 2.44 bits per heavy atom. The van der Waals surface area contributed by atoms with E-state index in [0.717, 1.165) is 45.2 Å². The van der Waals surface area contributed by atoms with Gasteiger partial charge < -0.3 is 11.1 Å². The molecular formula is C15H30N2O. The van der Waals surface area contributed by atoms with Gasteiger partial charge in [0, 0.05) is 12.0 Å². The van der Waals surface area contributed by atoms with Crippen molar-refractivity contribution in [1.29, 1.82) is 0 Å². The second-order valence-corrected chi connectivity index (χ2v) is 6.58. The number of hydrogen-bond donors (Lipinski definition) is 2. The summed E-state index contributed by atoms with van der Waals surface area (Å²) in [5.74, 6) is 0.281. The van der Waals surface area contributed by atoms with Crippen LogP contribution in [0, 0.1) is 10.8 Å². The highest BCUT2D eigenvalue weighted by Gasteiger charge is 2.39. The number of nitrogens with one attached hydrogen (secondary N) is 1. The van der Waals surface area contributed by atoms with Crippen LogP contribution < -0.4 is 11.1 Å². The molecule has 3 N–H and O–H groups in total. The van der Waals surface area contributed by atoms with Crippen molar-refractivity contribution in [1.82, 2.24) is 5.32 Å². The summed E-state index contributed by atoms with van der Waals surface area (Å²) in [5, 5.41) is 3.19. The highest BCUT2D eigenvalue weighted by molar-refractivity contribution is 5.82. The lowest BCUT2D eigenvalue weighted by atomic mass is 9.81. The third-order valence-electron chi connectivity index (χ3n) is 4.50. The Morgan fingerprint density at radius 1 is 1.33 bits per heavy atom. The predicted octanol–water partition coefficient (Wildman–Crippen LogP) is 2.84. The number of amides is 1. The number of carbonyl (C=O) groups is 1. The lowest BCUT2D eigenvalue weighted by Crippen LogP contribution is -2.43. The summed E-state index contributed by atoms with van der Waals surface area (Å²) >= 11 is 0. The Hall–Kier alpha value is -0.570. The van der Waals surface area contributed by atoms with Crippen LogP contribution >= 0.6 is 0 Å². The van der Waals surface area contributed by atoms with Crippen LogP contribution in [-0.4, -0.2) is 19.0 Å². The Morgan fingerprint density at radius 2 is 1.94 bits per heavy atom. The van der Waals surface area contributed by atoms with E-state index >= 15 is 0 Å². The topological polar surface area (TPSA) is 55.1 Å². The van der Waals surface area contributed by atoms with Crippen molar-refractivity contribution < 1.29 is 4.79 Å². The van der Waals surface area contributed by atoms with Crippen molar-refractivity contribution >= 4 is 5.91 Å². The molecule has 0 radical (unpaired) electrons. The Bertz CT molecular complexity index is 268. The van der Waals surface area contributed by atoms with Gasteiger partial charge in [-0.15, -0.1) is 0 Å². The molecule has 0 spiro atoms. The highest BCUT2D eigenvalue weighted by Crippen LogP contribution is 2.41. The first-order valence-corrected chi connectivity index (χ1v) is 7.44. The van der Waals surface area contributed by atoms with Crippen LogP contribution in [0.2, 0.25) is 0 Å². The van der Waals surface area contributed by atoms with Crippen molar-refractivity contribution in [2.45, 2.75) is 65.7 Å². The van der Waals surface area contributed by atoms with Crippen molar-refractivity contribution in [3.8, 4) is 0 Å². The molecule has 0 aromatic rings. The maximum Gasteiger partial charge on any atom is 0.226 e. The summed E-state index contributed by atoms with van der Waals surface area (Å²) in [5.41, 5.74) is 5.64. The van der Waals surface area contributed by atoms with Crippen molar-refractivity contribution in [2.75, 3.05) is 13.1 Å². The first-order chi connectivity index (χ1) is 8.46. The van der Waals surface area contributed by atoms with E-state index in [1.807, 2.05) is 0 Å². The van der Waals surface area contributed by atoms with E-state index in [2.05, 4.69) is 26.1 Å². The van der Waals surface area contributed by atoms with Crippen LogP contribution in [0.15, 0.2) is 0 Å². The molecule has 1 saturated carbocycles. The molecule has 1 amide bonds. The lowest BCUT2D eigenvalue weighted by molar-refractivity contribution is -0.131. The van der Waals surface area contributed by atoms with E-state index in [1.165, 1.54) is 12.8 Å². The largest absolute Gasteiger partial charge is 0.355 e. The summed E-state index contributed by atoms with van der Waals surface area (Å²) in [4.78, 5) is 12.4. The zero-order valence-corrected chi connectivity index (χ0v) is 12.3. The molecule has 1 fully saturated rings. The fourth-order valence-corrected chi connectivity index (χ4v) is 2.97. The third-order valence-corrected chi connectivity index (χ3v) is 4.50. The van der Waals surface area contributed by atoms with E-state index in [4.69, 9.17) is 5.73 Å². The summed E-state index contributed by atoms with van der Waals surface area (Å²) in [6, 6.07) is 0. The van der Waals surface area contributed by atoms with Gasteiger partial charge in [-0.05, 0) is 44.1 Å². The minimum atomic E-state index is -0.0655. The van der Waals surface area contributed by atoms with Gasteiger partial charge in [-0.25, -0.2) is 0 Å². The van der Waals surface area contributed by atoms with Crippen LogP contribution in [0.5, 0.6) is 0 Å². The summed E-state index contributed by atoms with van der Waals surface area (Å²) in [6.45, 7) is 8.06. The Kier molecular flexibility index (Phi) is 5.64. The van der Waals surface area contributed by atoms with Crippen LogP contribution in [-0.2, 0) is 4.79 Å². The molecule has 1 aliphatic rings. The van der Waals surface area contributed by atoms with Crippen LogP contribution in [0.25, 0.3) is 0 Å². The normalized spacial score (nSPS) is 18.9. The second-order valence-electron chi connectivity index (χ2n) is 6.58. The van der Waals surface area contributed by atoms with Crippen molar-refractivity contribution in [2.24, 2.45) is 16.6 Å². The molecule has 1 rings (SSSR count). The predicted molar refractivity (Wildman–Crippen MR) is 76.3 cm³/mol. The van der Waals surface area contributed by atoms with Gasteiger partial charge in [-0.2, -0.15) is 0 Å². The maximum absolute atomic E-state index is 12.4. The van der Waals surface area contributed by atoms with Gasteiger partial charge in [-0.3, -0.25) is 4.79 Å². The number of hydrogen-bond acceptors (Lipinski definition) is 2. The van der Waals surface area contributed by atoms with E-state index in [0.29, 0.717) is 0 Å². The van der Waals surface area contributed by atoms with Crippen LogP contribution in [0.1, 0.15) is 65.7 Å². The zero-order chi connectivity index (χ0) is 13.6. The fourth-order valence-electron chi connectivity index (χ4n) is 2.97. The quantitative estimate of drug-likeness (QED) is 0.734. The smallest absolute Gasteiger partial charge is 0.226 e. The standard InChI is InChI=1S/C15H30N2O/c1-4-15(9-5-6-10-15)13(18)17-12-14(2,3)8-7-11-16/h4-12,16H2,1-3H3,(H,17,18). The number of carbonyl (C=O) groups excluding carboxylic acids is 1. The molecule has 3 nitrogen and oxygen atoms in total. The average molecular weight is 254 g/mol. The zero-order valence-electron chi connectivity index (χ0n) is 12.3. The van der Waals surface area contributed by atoms with Gasteiger partial charge in [0.1, 0.15) is 0 Å². The minimum absolute atomic E-state index is 0.0655. The molecule has 3 heteroatoms. The summed E-state index contributed by atoms with van der Waals surface area (Å²) in [7, 11) is 0. The first-order valence-electron chi connectivity index (χ1n) is 7.44. The maximum atomic E-state index is 12.4. The molecule has 0 aromatic carbocycles. The van der Waals surface area contributed by atoms with Crippen LogP contribution in [0.4, 0.5) is 0 Å². The van der Waals surface area contributed by atoms with Crippen molar-refractivity contribution in [3.05, 3.63) is 0 Å². The average Bonchev–Trinajstić information content (AvgIpc) is 2.83. The van der Waals surface area contributed by atoms with E-state index in [9.17, 15) is 4.79 Å². The van der Waals surface area contributed by atoms with Gasteiger partial charge in [0.05, 0.1) is 0 Å². The Labute approximate surface area is 112 Å². The van der Waals surface area contributed by atoms with Gasteiger partial charge in [0.25, 0.3) is 0 Å². The minimum Gasteiger partial charge on any atom is -0.355 e. The van der Waals surface area contributed by atoms with E-state index in [-0.39, 0.29) is 16.7 Å². The first kappa shape index (κ1) is 15.5. The van der Waals surface area contributed by atoms with Gasteiger partial charge in [-0.1, -0.05) is 33.6 Å². The SMILES string of the molecule is CCC1(C(=O)NCC(C)(C)CCCN)CCCC1. The molecule has 18 heavy (non-hydrogen) atoms. The number of nitrogens with two attached hydrogens (primary N) is 1. The second kappa shape index (κ2) is 6.55. The van der Waals surface area contributed by atoms with Crippen molar-refractivity contribution in [3.63, 3.8) is 0 Å². The Balaban J connectivity index is 2.44. The molecule has 0 saturated heterocycles. The number of rotatable bonds is 7. The monoisotopic (exact) mass is 254 g/mol. The van der Waals surface area contributed by atoms with Gasteiger partial charge in [0.15, 0.2) is 0 Å². The molecule has 1 aliphatic carbocycles. The fraction of sp³-hybridized carbons (Fsp3) is 0.933. The van der Waals surface area contributed by atoms with E-state index < -0.39 is 0 Å². The molecule has 0 aromatic heterocycles. The van der Waals surface area contributed by atoms with Gasteiger partial charge >= 0.3 is 0 Å². The molecular weight excluding hydrogens is 224 g/mol. The highest BCUT2D eigenvalue weighted by atomic mass is 16.2. The van der Waals surface area contributed by atoms with Gasteiger partial charge in [0.2, 0.25) is 5.91 Å². The van der Waals surface area contributed by atoms with E-state index in [1.54, 1.807) is 0 Å². The molecule has 0 heterocycles. The molecule has 0 bridgehead atoms. The molecule has 106 valence electrons. The summed E-state index contributed by atoms with van der Waals surface area (Å²) in [6.07, 6.45) is 7.62. The molecule has 0 atom stereocenters. The molecule has 0 aliphatic heterocycles.